The molecule has 22 heavy (non-hydrogen) atoms. The van der Waals surface area contributed by atoms with Crippen molar-refractivity contribution in [3.63, 3.8) is 0 Å². The van der Waals surface area contributed by atoms with Gasteiger partial charge in [-0.25, -0.2) is 4.79 Å². The lowest BCUT2D eigenvalue weighted by Gasteiger charge is -2.17. The van der Waals surface area contributed by atoms with Gasteiger partial charge in [-0.3, -0.25) is 4.79 Å². The van der Waals surface area contributed by atoms with E-state index in [1.54, 1.807) is 20.9 Å². The SMILES string of the molecule is Cc1noc(C)c1C(=O)OCC(=O)N(C)Cc1ccccc1. The van der Waals surface area contributed by atoms with Gasteiger partial charge in [-0.05, 0) is 19.4 Å². The topological polar surface area (TPSA) is 72.6 Å². The van der Waals surface area contributed by atoms with Crippen LogP contribution >= 0.6 is 0 Å². The van der Waals surface area contributed by atoms with Crippen LogP contribution in [0, 0.1) is 13.8 Å². The Morgan fingerprint density at radius 3 is 2.50 bits per heavy atom. The molecule has 1 heterocycles. The van der Waals surface area contributed by atoms with Crippen molar-refractivity contribution >= 4 is 11.9 Å². The van der Waals surface area contributed by atoms with Gasteiger partial charge in [0.25, 0.3) is 5.91 Å². The third kappa shape index (κ3) is 3.72. The maximum Gasteiger partial charge on any atom is 0.344 e. The van der Waals surface area contributed by atoms with Gasteiger partial charge in [0.1, 0.15) is 11.3 Å². The molecule has 2 aromatic rings. The fourth-order valence-corrected chi connectivity index (χ4v) is 2.03. The highest BCUT2D eigenvalue weighted by molar-refractivity contribution is 5.93. The van der Waals surface area contributed by atoms with Gasteiger partial charge in [0, 0.05) is 13.6 Å². The Kier molecular flexibility index (Phi) is 4.93. The summed E-state index contributed by atoms with van der Waals surface area (Å²) in [6, 6.07) is 9.59. The van der Waals surface area contributed by atoms with Gasteiger partial charge in [-0.2, -0.15) is 0 Å². The zero-order valence-corrected chi connectivity index (χ0v) is 12.8. The Labute approximate surface area is 128 Å². The van der Waals surface area contributed by atoms with Crippen molar-refractivity contribution in [1.82, 2.24) is 10.1 Å². The molecule has 0 unspecified atom stereocenters. The lowest BCUT2D eigenvalue weighted by atomic mass is 10.2. The fraction of sp³-hybridized carbons (Fsp3) is 0.312. The van der Waals surface area contributed by atoms with E-state index in [0.717, 1.165) is 5.56 Å². The van der Waals surface area contributed by atoms with Gasteiger partial charge >= 0.3 is 5.97 Å². The van der Waals surface area contributed by atoms with E-state index in [1.165, 1.54) is 4.90 Å². The summed E-state index contributed by atoms with van der Waals surface area (Å²) in [5.74, 6) is -0.491. The number of aryl methyl sites for hydroxylation is 2. The molecule has 0 aliphatic carbocycles. The van der Waals surface area contributed by atoms with E-state index in [2.05, 4.69) is 5.16 Å². The fourth-order valence-electron chi connectivity index (χ4n) is 2.03. The van der Waals surface area contributed by atoms with Crippen molar-refractivity contribution in [2.45, 2.75) is 20.4 Å². The number of esters is 1. The first-order valence-corrected chi connectivity index (χ1v) is 6.87. The van der Waals surface area contributed by atoms with E-state index < -0.39 is 5.97 Å². The van der Waals surface area contributed by atoms with Crippen LogP contribution in [0.25, 0.3) is 0 Å². The molecule has 0 fully saturated rings. The minimum Gasteiger partial charge on any atom is -0.452 e. The molecule has 0 aliphatic rings. The average Bonchev–Trinajstić information content (AvgIpc) is 2.84. The van der Waals surface area contributed by atoms with E-state index in [9.17, 15) is 9.59 Å². The van der Waals surface area contributed by atoms with Crippen LogP contribution in [0.3, 0.4) is 0 Å². The zero-order chi connectivity index (χ0) is 16.1. The number of amides is 1. The number of nitrogens with zero attached hydrogens (tertiary/aromatic N) is 2. The van der Waals surface area contributed by atoms with Crippen molar-refractivity contribution in [3.05, 3.63) is 52.9 Å². The zero-order valence-electron chi connectivity index (χ0n) is 12.8. The third-order valence-electron chi connectivity index (χ3n) is 3.25. The van der Waals surface area contributed by atoms with Crippen LogP contribution in [0.1, 0.15) is 27.4 Å². The van der Waals surface area contributed by atoms with Crippen molar-refractivity contribution < 1.29 is 18.8 Å². The van der Waals surface area contributed by atoms with E-state index in [0.29, 0.717) is 18.0 Å². The number of likely N-dealkylation sites (N-methyl/N-ethyl adjacent to an activating group) is 1. The van der Waals surface area contributed by atoms with Crippen LogP contribution in [0.2, 0.25) is 0 Å². The first-order valence-electron chi connectivity index (χ1n) is 6.87. The van der Waals surface area contributed by atoms with Crippen LogP contribution < -0.4 is 0 Å². The molecule has 1 aromatic carbocycles. The molecule has 6 heteroatoms. The van der Waals surface area contributed by atoms with Gasteiger partial charge in [-0.1, -0.05) is 35.5 Å². The predicted octanol–water partition coefficient (Wildman–Crippen LogP) is 2.11. The minimum absolute atomic E-state index is 0.274. The Bertz CT molecular complexity index is 645. The lowest BCUT2D eigenvalue weighted by molar-refractivity contribution is -0.133. The number of ether oxygens (including phenoxy) is 1. The molecule has 1 aromatic heterocycles. The summed E-state index contributed by atoms with van der Waals surface area (Å²) >= 11 is 0. The number of rotatable bonds is 5. The first-order chi connectivity index (χ1) is 10.5. The average molecular weight is 302 g/mol. The highest BCUT2D eigenvalue weighted by Crippen LogP contribution is 2.13. The lowest BCUT2D eigenvalue weighted by Crippen LogP contribution is -2.30. The summed E-state index contributed by atoms with van der Waals surface area (Å²) in [6.07, 6.45) is 0. The molecule has 0 radical (unpaired) electrons. The molecule has 1 amide bonds. The number of carbonyl (C=O) groups is 2. The van der Waals surface area contributed by atoms with Crippen molar-refractivity contribution in [1.29, 1.82) is 0 Å². The second-order valence-electron chi connectivity index (χ2n) is 5.01. The Hall–Kier alpha value is -2.63. The third-order valence-corrected chi connectivity index (χ3v) is 3.25. The van der Waals surface area contributed by atoms with Gasteiger partial charge in [0.2, 0.25) is 0 Å². The number of aromatic nitrogens is 1. The van der Waals surface area contributed by atoms with E-state index in [4.69, 9.17) is 9.26 Å². The molecule has 0 spiro atoms. The van der Waals surface area contributed by atoms with Gasteiger partial charge in [0.15, 0.2) is 6.61 Å². The number of hydrogen-bond acceptors (Lipinski definition) is 5. The summed E-state index contributed by atoms with van der Waals surface area (Å²) in [6.45, 7) is 3.42. The summed E-state index contributed by atoms with van der Waals surface area (Å²) in [4.78, 5) is 25.5. The first kappa shape index (κ1) is 15.8. The molecule has 2 rings (SSSR count). The van der Waals surface area contributed by atoms with Crippen LogP contribution in [-0.4, -0.2) is 35.6 Å². The molecule has 116 valence electrons. The Morgan fingerprint density at radius 1 is 1.23 bits per heavy atom. The predicted molar refractivity (Wildman–Crippen MR) is 79.2 cm³/mol. The standard InChI is InChI=1S/C16H18N2O4/c1-11-15(12(2)22-17-11)16(20)21-10-14(19)18(3)9-13-7-5-4-6-8-13/h4-8H,9-10H2,1-3H3. The summed E-state index contributed by atoms with van der Waals surface area (Å²) < 4.78 is 9.94. The van der Waals surface area contributed by atoms with Crippen molar-refractivity contribution in [2.75, 3.05) is 13.7 Å². The minimum atomic E-state index is -0.599. The highest BCUT2D eigenvalue weighted by Gasteiger charge is 2.20. The maximum atomic E-state index is 12.0. The van der Waals surface area contributed by atoms with Crippen molar-refractivity contribution in [2.24, 2.45) is 0 Å². The molecule has 0 aliphatic heterocycles. The summed E-state index contributed by atoms with van der Waals surface area (Å²) in [7, 11) is 1.67. The molecule has 0 N–H and O–H groups in total. The van der Waals surface area contributed by atoms with Crippen LogP contribution in [0.4, 0.5) is 0 Å². The summed E-state index contributed by atoms with van der Waals surface area (Å²) in [5, 5.41) is 3.68. The smallest absolute Gasteiger partial charge is 0.344 e. The normalized spacial score (nSPS) is 10.3. The monoisotopic (exact) mass is 302 g/mol. The summed E-state index contributed by atoms with van der Waals surface area (Å²) in [5.41, 5.74) is 1.74. The molecule has 0 saturated heterocycles. The molecule has 0 atom stereocenters. The van der Waals surface area contributed by atoms with Crippen molar-refractivity contribution in [3.8, 4) is 0 Å². The van der Waals surface area contributed by atoms with E-state index in [1.807, 2.05) is 30.3 Å². The van der Waals surface area contributed by atoms with E-state index >= 15 is 0 Å². The van der Waals surface area contributed by atoms with Crippen LogP contribution in [-0.2, 0) is 16.1 Å². The van der Waals surface area contributed by atoms with Crippen LogP contribution in [0.15, 0.2) is 34.9 Å². The van der Waals surface area contributed by atoms with Gasteiger partial charge in [0.05, 0.1) is 5.69 Å². The number of carbonyl (C=O) groups excluding carboxylic acids is 2. The number of benzene rings is 1. The molecule has 6 nitrogen and oxygen atoms in total. The quantitative estimate of drug-likeness (QED) is 0.791. The van der Waals surface area contributed by atoms with E-state index in [-0.39, 0.29) is 18.1 Å². The molecule has 0 bridgehead atoms. The molecular weight excluding hydrogens is 284 g/mol. The Balaban J connectivity index is 1.88. The van der Waals surface area contributed by atoms with Gasteiger partial charge < -0.3 is 14.2 Å². The number of hydrogen-bond donors (Lipinski definition) is 0. The second-order valence-corrected chi connectivity index (χ2v) is 5.01. The van der Waals surface area contributed by atoms with Gasteiger partial charge in [-0.15, -0.1) is 0 Å². The Morgan fingerprint density at radius 2 is 1.91 bits per heavy atom. The second kappa shape index (κ2) is 6.89. The molecular formula is C16H18N2O4. The van der Waals surface area contributed by atoms with Crippen LogP contribution in [0.5, 0.6) is 0 Å². The maximum absolute atomic E-state index is 12.0. The molecule has 0 saturated carbocycles. The largest absolute Gasteiger partial charge is 0.452 e. The highest BCUT2D eigenvalue weighted by atomic mass is 16.5.